The van der Waals surface area contributed by atoms with Crippen LogP contribution < -0.4 is 20.4 Å². The lowest BCUT2D eigenvalue weighted by Gasteiger charge is -2.29. The number of hydrogen-bond acceptors (Lipinski definition) is 5. The maximum atomic E-state index is 12.3. The van der Waals surface area contributed by atoms with Crippen molar-refractivity contribution in [3.63, 3.8) is 0 Å². The van der Waals surface area contributed by atoms with Crippen molar-refractivity contribution in [3.8, 4) is 0 Å². The van der Waals surface area contributed by atoms with Crippen LogP contribution in [0.25, 0.3) is 0 Å². The zero-order valence-corrected chi connectivity index (χ0v) is 17.4. The third-order valence-electron chi connectivity index (χ3n) is 5.20. The van der Waals surface area contributed by atoms with Crippen LogP contribution in [0.2, 0.25) is 0 Å². The molecule has 0 atom stereocenters. The fourth-order valence-corrected chi connectivity index (χ4v) is 4.52. The number of nitrogens with one attached hydrogen (secondary N) is 2. The Hall–Kier alpha value is -3.00. The first-order chi connectivity index (χ1) is 14.6. The molecule has 4 rings (SSSR count). The van der Waals surface area contributed by atoms with Gasteiger partial charge in [-0.15, -0.1) is 11.8 Å². The number of hydrogen-bond donors (Lipinski definition) is 2. The number of benzene rings is 2. The molecule has 0 radical (unpaired) electrons. The Kier molecular flexibility index (Phi) is 6.23. The van der Waals surface area contributed by atoms with Gasteiger partial charge in [0.2, 0.25) is 17.7 Å². The van der Waals surface area contributed by atoms with Crippen molar-refractivity contribution in [1.29, 1.82) is 0 Å². The Morgan fingerprint density at radius 1 is 1.10 bits per heavy atom. The van der Waals surface area contributed by atoms with E-state index in [1.54, 1.807) is 4.90 Å². The van der Waals surface area contributed by atoms with Crippen molar-refractivity contribution in [2.75, 3.05) is 41.7 Å². The minimum absolute atomic E-state index is 0.0333. The molecule has 2 N–H and O–H groups in total. The normalized spacial score (nSPS) is 16.1. The average molecular weight is 425 g/mol. The molecule has 2 aromatic carbocycles. The number of rotatable bonds is 6. The van der Waals surface area contributed by atoms with Crippen LogP contribution in [0.15, 0.2) is 53.4 Å². The third kappa shape index (κ3) is 4.76. The highest BCUT2D eigenvalue weighted by molar-refractivity contribution is 8.00. The fourth-order valence-electron chi connectivity index (χ4n) is 3.59. The number of fused-ring (bicyclic) bond motifs is 1. The maximum Gasteiger partial charge on any atom is 0.239 e. The second-order valence-electron chi connectivity index (χ2n) is 7.27. The number of anilines is 2. The van der Waals surface area contributed by atoms with Gasteiger partial charge in [-0.25, -0.2) is 0 Å². The molecule has 30 heavy (non-hydrogen) atoms. The Labute approximate surface area is 179 Å². The molecule has 2 aliphatic rings. The summed E-state index contributed by atoms with van der Waals surface area (Å²) in [7, 11) is 0. The second kappa shape index (κ2) is 9.21. The van der Waals surface area contributed by atoms with E-state index in [4.69, 9.17) is 0 Å². The first kappa shape index (κ1) is 20.3. The van der Waals surface area contributed by atoms with Crippen molar-refractivity contribution >= 4 is 40.9 Å². The van der Waals surface area contributed by atoms with Crippen molar-refractivity contribution in [2.45, 2.75) is 17.9 Å². The molecule has 2 aromatic rings. The van der Waals surface area contributed by atoms with E-state index in [9.17, 15) is 14.4 Å². The summed E-state index contributed by atoms with van der Waals surface area (Å²) >= 11 is 1.54. The summed E-state index contributed by atoms with van der Waals surface area (Å²) in [6.45, 7) is 2.61. The van der Waals surface area contributed by atoms with E-state index in [2.05, 4.69) is 10.6 Å². The van der Waals surface area contributed by atoms with E-state index in [1.165, 1.54) is 11.8 Å². The monoisotopic (exact) mass is 424 g/mol. The summed E-state index contributed by atoms with van der Waals surface area (Å²) in [5.41, 5.74) is 2.87. The fraction of sp³-hybridized carbons (Fsp3) is 0.318. The predicted molar refractivity (Wildman–Crippen MR) is 118 cm³/mol. The molecule has 0 unspecified atom stereocenters. The first-order valence-corrected chi connectivity index (χ1v) is 11.0. The molecule has 0 aromatic heterocycles. The van der Waals surface area contributed by atoms with E-state index in [-0.39, 0.29) is 24.1 Å². The van der Waals surface area contributed by atoms with Crippen LogP contribution in [0, 0.1) is 0 Å². The minimum atomic E-state index is -0.0877. The quantitative estimate of drug-likeness (QED) is 0.739. The third-order valence-corrected chi connectivity index (χ3v) is 6.25. The smallest absolute Gasteiger partial charge is 0.239 e. The lowest BCUT2D eigenvalue weighted by molar-refractivity contribution is -0.121. The number of para-hydroxylation sites is 1. The summed E-state index contributed by atoms with van der Waals surface area (Å²) in [6.07, 6.45) is 0.256. The number of piperazine rings is 1. The summed E-state index contributed by atoms with van der Waals surface area (Å²) in [6, 6.07) is 15.7. The number of nitrogens with zero attached hydrogens (tertiary/aromatic N) is 2. The topological polar surface area (TPSA) is 81.8 Å². The van der Waals surface area contributed by atoms with E-state index in [1.807, 2.05) is 53.4 Å². The Morgan fingerprint density at radius 2 is 1.90 bits per heavy atom. The highest BCUT2D eigenvalue weighted by Gasteiger charge is 2.24. The van der Waals surface area contributed by atoms with Crippen molar-refractivity contribution in [1.82, 2.24) is 10.6 Å². The largest absolute Gasteiger partial charge is 0.360 e. The molecule has 156 valence electrons. The van der Waals surface area contributed by atoms with Gasteiger partial charge >= 0.3 is 0 Å². The SMILES string of the molecule is O=C(CCN1C(=O)CSc2ccccc21)NCc1ccc(N2CCNC(=O)C2)cc1. The van der Waals surface area contributed by atoms with Gasteiger partial charge in [0.15, 0.2) is 0 Å². The van der Waals surface area contributed by atoms with Crippen LogP contribution in [0.1, 0.15) is 12.0 Å². The van der Waals surface area contributed by atoms with Gasteiger partial charge in [0.1, 0.15) is 0 Å². The van der Waals surface area contributed by atoms with Gasteiger partial charge in [0.05, 0.1) is 18.0 Å². The van der Waals surface area contributed by atoms with Gasteiger partial charge in [0.25, 0.3) is 0 Å². The Balaban J connectivity index is 1.27. The summed E-state index contributed by atoms with van der Waals surface area (Å²) in [5.74, 6) is 0.388. The molecule has 0 saturated carbocycles. The molecule has 0 bridgehead atoms. The van der Waals surface area contributed by atoms with E-state index in [0.29, 0.717) is 31.9 Å². The van der Waals surface area contributed by atoms with Crippen molar-refractivity contribution in [3.05, 3.63) is 54.1 Å². The number of carbonyl (C=O) groups excluding carboxylic acids is 3. The molecule has 1 fully saturated rings. The molecule has 8 heteroatoms. The van der Waals surface area contributed by atoms with E-state index in [0.717, 1.165) is 28.4 Å². The molecule has 0 spiro atoms. The highest BCUT2D eigenvalue weighted by Crippen LogP contribution is 2.34. The summed E-state index contributed by atoms with van der Waals surface area (Å²) in [4.78, 5) is 40.9. The minimum Gasteiger partial charge on any atom is -0.360 e. The molecule has 3 amide bonds. The van der Waals surface area contributed by atoms with Crippen LogP contribution in [0.3, 0.4) is 0 Å². The number of amides is 3. The van der Waals surface area contributed by atoms with Gasteiger partial charge in [-0.3, -0.25) is 14.4 Å². The van der Waals surface area contributed by atoms with Gasteiger partial charge in [0, 0.05) is 43.2 Å². The van der Waals surface area contributed by atoms with Gasteiger partial charge < -0.3 is 20.4 Å². The average Bonchev–Trinajstić information content (AvgIpc) is 2.77. The first-order valence-electron chi connectivity index (χ1n) is 9.99. The van der Waals surface area contributed by atoms with E-state index < -0.39 is 0 Å². The summed E-state index contributed by atoms with van der Waals surface area (Å²) < 4.78 is 0. The number of carbonyl (C=O) groups is 3. The molecule has 2 aliphatic heterocycles. The maximum absolute atomic E-state index is 12.3. The highest BCUT2D eigenvalue weighted by atomic mass is 32.2. The van der Waals surface area contributed by atoms with Crippen LogP contribution in [0.5, 0.6) is 0 Å². The van der Waals surface area contributed by atoms with Crippen LogP contribution in [-0.2, 0) is 20.9 Å². The molecular formula is C22H24N4O3S. The molecule has 0 aliphatic carbocycles. The van der Waals surface area contributed by atoms with Crippen molar-refractivity contribution in [2.24, 2.45) is 0 Å². The lowest BCUT2D eigenvalue weighted by Crippen LogP contribution is -2.47. The standard InChI is InChI=1S/C22H24N4O3S/c27-20(9-11-26-18-3-1-2-4-19(18)30-15-22(26)29)24-13-16-5-7-17(8-6-16)25-12-10-23-21(28)14-25/h1-8H,9-15H2,(H,23,28)(H,24,27). The van der Waals surface area contributed by atoms with Crippen LogP contribution in [-0.4, -0.2) is 49.7 Å². The van der Waals surface area contributed by atoms with Gasteiger partial charge in [-0.2, -0.15) is 0 Å². The molecule has 2 heterocycles. The molecular weight excluding hydrogens is 400 g/mol. The van der Waals surface area contributed by atoms with Crippen LogP contribution >= 0.6 is 11.8 Å². The van der Waals surface area contributed by atoms with Gasteiger partial charge in [-0.1, -0.05) is 24.3 Å². The predicted octanol–water partition coefficient (Wildman–Crippen LogP) is 1.77. The van der Waals surface area contributed by atoms with E-state index >= 15 is 0 Å². The zero-order valence-electron chi connectivity index (χ0n) is 16.6. The Morgan fingerprint density at radius 3 is 2.70 bits per heavy atom. The lowest BCUT2D eigenvalue weighted by atomic mass is 10.1. The second-order valence-corrected chi connectivity index (χ2v) is 8.28. The zero-order chi connectivity index (χ0) is 20.9. The number of thioether (sulfide) groups is 1. The molecule has 1 saturated heterocycles. The van der Waals surface area contributed by atoms with Gasteiger partial charge in [-0.05, 0) is 29.8 Å². The van der Waals surface area contributed by atoms with Crippen LogP contribution in [0.4, 0.5) is 11.4 Å². The molecule has 7 nitrogen and oxygen atoms in total. The van der Waals surface area contributed by atoms with Crippen molar-refractivity contribution < 1.29 is 14.4 Å². The Bertz CT molecular complexity index is 948. The summed E-state index contributed by atoms with van der Waals surface area (Å²) in [5, 5.41) is 5.74.